The van der Waals surface area contributed by atoms with Gasteiger partial charge in [0, 0.05) is 12.6 Å². The molecule has 0 saturated carbocycles. The second kappa shape index (κ2) is 6.26. The van der Waals surface area contributed by atoms with Gasteiger partial charge in [-0.3, -0.25) is 0 Å². The van der Waals surface area contributed by atoms with Crippen molar-refractivity contribution in [2.24, 2.45) is 5.92 Å². The highest BCUT2D eigenvalue weighted by Gasteiger charge is 2.06. The van der Waals surface area contributed by atoms with Crippen LogP contribution in [0.5, 0.6) is 5.75 Å². The van der Waals surface area contributed by atoms with E-state index >= 15 is 0 Å². The van der Waals surface area contributed by atoms with E-state index in [9.17, 15) is 0 Å². The Morgan fingerprint density at radius 1 is 1.31 bits per heavy atom. The van der Waals surface area contributed by atoms with Crippen LogP contribution in [0.2, 0.25) is 0 Å². The summed E-state index contributed by atoms with van der Waals surface area (Å²) < 4.78 is 6.20. The number of nitrogens with one attached hydrogen (secondary N) is 1. The lowest BCUT2D eigenvalue weighted by Crippen LogP contribution is -2.30. The van der Waals surface area contributed by atoms with E-state index in [-0.39, 0.29) is 0 Å². The summed E-state index contributed by atoms with van der Waals surface area (Å²) in [5.74, 6) is 1.53. The summed E-state index contributed by atoms with van der Waals surface area (Å²) in [6.45, 7) is 7.55. The highest BCUT2D eigenvalue weighted by molar-refractivity contribution is 9.10. The molecule has 0 aliphatic carbocycles. The maximum Gasteiger partial charge on any atom is 0.133 e. The molecule has 0 bridgehead atoms. The topological polar surface area (TPSA) is 21.3 Å². The van der Waals surface area contributed by atoms with Crippen LogP contribution in [0, 0.1) is 5.92 Å². The number of benzene rings is 1. The van der Waals surface area contributed by atoms with Crippen LogP contribution in [-0.2, 0) is 6.54 Å². The SMILES string of the molecule is COc1ccc(CNC(C)C(C)C)cc1Br. The molecule has 0 spiro atoms. The molecular weight excluding hydrogens is 266 g/mol. The van der Waals surface area contributed by atoms with Crippen LogP contribution >= 0.6 is 15.9 Å². The molecule has 0 radical (unpaired) electrons. The van der Waals surface area contributed by atoms with E-state index in [4.69, 9.17) is 4.74 Å². The van der Waals surface area contributed by atoms with Crippen LogP contribution in [-0.4, -0.2) is 13.2 Å². The molecule has 1 atom stereocenters. The second-order valence-corrected chi connectivity index (χ2v) is 5.24. The Labute approximate surface area is 107 Å². The van der Waals surface area contributed by atoms with Gasteiger partial charge < -0.3 is 10.1 Å². The highest BCUT2D eigenvalue weighted by atomic mass is 79.9. The van der Waals surface area contributed by atoms with Gasteiger partial charge >= 0.3 is 0 Å². The maximum absolute atomic E-state index is 5.20. The summed E-state index contributed by atoms with van der Waals surface area (Å²) in [6.07, 6.45) is 0. The average Bonchev–Trinajstić information content (AvgIpc) is 2.25. The van der Waals surface area contributed by atoms with Gasteiger partial charge in [0.15, 0.2) is 0 Å². The molecule has 16 heavy (non-hydrogen) atoms. The van der Waals surface area contributed by atoms with E-state index < -0.39 is 0 Å². The number of halogens is 1. The van der Waals surface area contributed by atoms with Crippen molar-refractivity contribution < 1.29 is 4.74 Å². The molecule has 1 N–H and O–H groups in total. The van der Waals surface area contributed by atoms with E-state index in [1.54, 1.807) is 7.11 Å². The van der Waals surface area contributed by atoms with Crippen molar-refractivity contribution in [3.63, 3.8) is 0 Å². The van der Waals surface area contributed by atoms with Crippen molar-refractivity contribution in [2.75, 3.05) is 7.11 Å². The first-order valence-corrected chi connectivity index (χ1v) is 6.39. The predicted molar refractivity (Wildman–Crippen MR) is 71.8 cm³/mol. The van der Waals surface area contributed by atoms with Gasteiger partial charge in [0.05, 0.1) is 11.6 Å². The molecule has 0 aromatic heterocycles. The van der Waals surface area contributed by atoms with E-state index in [1.807, 2.05) is 6.07 Å². The van der Waals surface area contributed by atoms with Gasteiger partial charge in [-0.25, -0.2) is 0 Å². The fourth-order valence-corrected chi connectivity index (χ4v) is 1.92. The number of hydrogen-bond acceptors (Lipinski definition) is 2. The van der Waals surface area contributed by atoms with E-state index in [0.29, 0.717) is 12.0 Å². The average molecular weight is 286 g/mol. The Morgan fingerprint density at radius 2 is 2.00 bits per heavy atom. The molecule has 0 amide bonds. The zero-order chi connectivity index (χ0) is 12.1. The van der Waals surface area contributed by atoms with Crippen LogP contribution in [0.25, 0.3) is 0 Å². The molecular formula is C13H20BrNO. The van der Waals surface area contributed by atoms with Crippen LogP contribution in [0.1, 0.15) is 26.3 Å². The monoisotopic (exact) mass is 285 g/mol. The second-order valence-electron chi connectivity index (χ2n) is 4.38. The zero-order valence-electron chi connectivity index (χ0n) is 10.4. The fourth-order valence-electron chi connectivity index (χ4n) is 1.33. The van der Waals surface area contributed by atoms with Crippen LogP contribution < -0.4 is 10.1 Å². The fraction of sp³-hybridized carbons (Fsp3) is 0.538. The molecule has 0 heterocycles. The molecule has 0 aliphatic heterocycles. The highest BCUT2D eigenvalue weighted by Crippen LogP contribution is 2.25. The number of methoxy groups -OCH3 is 1. The number of ether oxygens (including phenoxy) is 1. The Bertz CT molecular complexity index is 339. The largest absolute Gasteiger partial charge is 0.496 e. The third kappa shape index (κ3) is 3.80. The Hall–Kier alpha value is -0.540. The molecule has 2 nitrogen and oxygen atoms in total. The maximum atomic E-state index is 5.20. The summed E-state index contributed by atoms with van der Waals surface area (Å²) in [6, 6.07) is 6.70. The minimum Gasteiger partial charge on any atom is -0.496 e. The first-order chi connectivity index (χ1) is 7.54. The lowest BCUT2D eigenvalue weighted by atomic mass is 10.1. The summed E-state index contributed by atoms with van der Waals surface area (Å²) >= 11 is 3.49. The van der Waals surface area contributed by atoms with Gasteiger partial charge in [-0.05, 0) is 46.5 Å². The van der Waals surface area contributed by atoms with E-state index in [1.165, 1.54) is 5.56 Å². The van der Waals surface area contributed by atoms with Gasteiger partial charge in [-0.1, -0.05) is 19.9 Å². The van der Waals surface area contributed by atoms with Crippen molar-refractivity contribution in [2.45, 2.75) is 33.4 Å². The van der Waals surface area contributed by atoms with Crippen LogP contribution in [0.3, 0.4) is 0 Å². The van der Waals surface area contributed by atoms with Crippen molar-refractivity contribution in [1.82, 2.24) is 5.32 Å². The van der Waals surface area contributed by atoms with E-state index in [2.05, 4.69) is 54.2 Å². The van der Waals surface area contributed by atoms with Gasteiger partial charge in [0.2, 0.25) is 0 Å². The summed E-state index contributed by atoms with van der Waals surface area (Å²) in [5.41, 5.74) is 1.26. The molecule has 3 heteroatoms. The molecule has 0 fully saturated rings. The van der Waals surface area contributed by atoms with Gasteiger partial charge in [-0.2, -0.15) is 0 Å². The normalized spacial score (nSPS) is 12.9. The summed E-state index contributed by atoms with van der Waals surface area (Å²) in [5, 5.41) is 3.50. The predicted octanol–water partition coefficient (Wildman–Crippen LogP) is 3.59. The third-order valence-corrected chi connectivity index (χ3v) is 3.46. The molecule has 1 aromatic rings. The van der Waals surface area contributed by atoms with Gasteiger partial charge in [0.1, 0.15) is 5.75 Å². The molecule has 1 aromatic carbocycles. The Kier molecular flexibility index (Phi) is 5.29. The lowest BCUT2D eigenvalue weighted by Gasteiger charge is -2.17. The first kappa shape index (κ1) is 13.5. The first-order valence-electron chi connectivity index (χ1n) is 5.60. The number of rotatable bonds is 5. The summed E-state index contributed by atoms with van der Waals surface area (Å²) in [7, 11) is 1.68. The molecule has 1 unspecified atom stereocenters. The summed E-state index contributed by atoms with van der Waals surface area (Å²) in [4.78, 5) is 0. The standard InChI is InChI=1S/C13H20BrNO/c1-9(2)10(3)15-8-11-5-6-13(16-4)12(14)7-11/h5-7,9-10,15H,8H2,1-4H3. The van der Waals surface area contributed by atoms with Crippen molar-refractivity contribution in [1.29, 1.82) is 0 Å². The molecule has 0 saturated heterocycles. The third-order valence-electron chi connectivity index (χ3n) is 2.84. The Morgan fingerprint density at radius 3 is 2.50 bits per heavy atom. The quantitative estimate of drug-likeness (QED) is 0.893. The van der Waals surface area contributed by atoms with Gasteiger partial charge in [0.25, 0.3) is 0 Å². The van der Waals surface area contributed by atoms with Crippen LogP contribution in [0.4, 0.5) is 0 Å². The van der Waals surface area contributed by atoms with Crippen LogP contribution in [0.15, 0.2) is 22.7 Å². The molecule has 0 aliphatic rings. The van der Waals surface area contributed by atoms with Crippen molar-refractivity contribution >= 4 is 15.9 Å². The number of hydrogen-bond donors (Lipinski definition) is 1. The molecule has 1 rings (SSSR count). The minimum absolute atomic E-state index is 0.529. The smallest absolute Gasteiger partial charge is 0.133 e. The Balaban J connectivity index is 2.58. The van der Waals surface area contributed by atoms with Gasteiger partial charge in [-0.15, -0.1) is 0 Å². The zero-order valence-corrected chi connectivity index (χ0v) is 12.0. The minimum atomic E-state index is 0.529. The lowest BCUT2D eigenvalue weighted by molar-refractivity contribution is 0.410. The van der Waals surface area contributed by atoms with Crippen molar-refractivity contribution in [3.8, 4) is 5.75 Å². The van der Waals surface area contributed by atoms with Crippen molar-refractivity contribution in [3.05, 3.63) is 28.2 Å². The molecule has 90 valence electrons. The van der Waals surface area contributed by atoms with E-state index in [0.717, 1.165) is 16.8 Å².